The molecule has 0 bridgehead atoms. The highest BCUT2D eigenvalue weighted by molar-refractivity contribution is 6.31. The number of nitrogens with zero attached hydrogens (tertiary/aromatic N) is 3. The quantitative estimate of drug-likeness (QED) is 0.425. The summed E-state index contributed by atoms with van der Waals surface area (Å²) in [6.07, 6.45) is 1.01. The van der Waals surface area contributed by atoms with Gasteiger partial charge in [0.25, 0.3) is 0 Å². The van der Waals surface area contributed by atoms with E-state index in [-0.39, 0.29) is 25.2 Å². The molecule has 8 nitrogen and oxygen atoms in total. The fraction of sp³-hybridized carbons (Fsp3) is 0.348. The van der Waals surface area contributed by atoms with Crippen LogP contribution in [0.5, 0.6) is 11.5 Å². The zero-order valence-electron chi connectivity index (χ0n) is 18.5. The molecule has 1 aliphatic heterocycles. The lowest BCUT2D eigenvalue weighted by Crippen LogP contribution is -2.22. The number of fused-ring (bicyclic) bond motifs is 2. The average molecular weight is 493 g/mol. The molecule has 2 aromatic carbocycles. The summed E-state index contributed by atoms with van der Waals surface area (Å²) in [4.78, 5) is 22.9. The molecule has 0 radical (unpaired) electrons. The van der Waals surface area contributed by atoms with Crippen molar-refractivity contribution in [3.8, 4) is 11.5 Å². The Labute approximate surface area is 203 Å². The fourth-order valence-electron chi connectivity index (χ4n) is 3.42. The van der Waals surface area contributed by atoms with Crippen LogP contribution in [-0.4, -0.2) is 42.9 Å². The van der Waals surface area contributed by atoms with Gasteiger partial charge in [0.1, 0.15) is 5.82 Å². The van der Waals surface area contributed by atoms with Crippen molar-refractivity contribution in [2.45, 2.75) is 26.3 Å². The normalized spacial score (nSPS) is 11.7. The number of esters is 1. The zero-order valence-corrected chi connectivity index (χ0v) is 20.0. The highest BCUT2D eigenvalue weighted by Crippen LogP contribution is 2.33. The molecule has 0 unspecified atom stereocenters. The van der Waals surface area contributed by atoms with Gasteiger partial charge in [-0.15, -0.1) is 12.4 Å². The number of carbonyl (C=O) groups is 1. The first-order valence-electron chi connectivity index (χ1n) is 10.5. The van der Waals surface area contributed by atoms with Gasteiger partial charge in [0.2, 0.25) is 12.7 Å². The smallest absolute Gasteiger partial charge is 0.305 e. The van der Waals surface area contributed by atoms with E-state index >= 15 is 0 Å². The molecule has 176 valence electrons. The van der Waals surface area contributed by atoms with Crippen molar-refractivity contribution in [1.29, 1.82) is 0 Å². The van der Waals surface area contributed by atoms with Crippen LogP contribution in [0.3, 0.4) is 0 Å². The molecule has 0 saturated carbocycles. The van der Waals surface area contributed by atoms with E-state index in [1.54, 1.807) is 6.92 Å². The molecule has 33 heavy (non-hydrogen) atoms. The van der Waals surface area contributed by atoms with Gasteiger partial charge in [0, 0.05) is 37.0 Å². The van der Waals surface area contributed by atoms with Crippen LogP contribution in [-0.2, 0) is 16.1 Å². The number of carbonyl (C=O) groups excluding carboxylic acids is 1. The summed E-state index contributed by atoms with van der Waals surface area (Å²) in [7, 11) is 1.91. The van der Waals surface area contributed by atoms with Gasteiger partial charge in [0.05, 0.1) is 12.1 Å². The van der Waals surface area contributed by atoms with E-state index in [4.69, 9.17) is 30.8 Å². The number of halogens is 2. The minimum Gasteiger partial charge on any atom is -0.466 e. The Morgan fingerprint density at radius 3 is 2.82 bits per heavy atom. The lowest BCUT2D eigenvalue weighted by molar-refractivity contribution is -0.143. The maximum atomic E-state index is 11.6. The van der Waals surface area contributed by atoms with E-state index < -0.39 is 0 Å². The molecule has 1 N–H and O–H groups in total. The van der Waals surface area contributed by atoms with Crippen molar-refractivity contribution in [3.63, 3.8) is 0 Å². The second-order valence-electron chi connectivity index (χ2n) is 7.40. The number of ether oxygens (including phenoxy) is 3. The molecular formula is C23H26Cl2N4O4. The molecule has 0 amide bonds. The molecule has 3 aromatic rings. The second kappa shape index (κ2) is 11.2. The molecule has 1 aliphatic rings. The van der Waals surface area contributed by atoms with E-state index in [9.17, 15) is 4.79 Å². The summed E-state index contributed by atoms with van der Waals surface area (Å²) < 4.78 is 15.8. The standard InChI is InChI=1S/C23H25ClN4O4.ClH/c1-3-30-21(29)5-4-10-28(2)23-26-18-8-7-16(24)12-17(18)22(27-23)25-13-15-6-9-19-20(11-15)32-14-31-19;/h6-9,11-12H,3-5,10,13-14H2,1-2H3,(H,25,26,27);1H. The molecular weight excluding hydrogens is 467 g/mol. The number of nitrogens with one attached hydrogen (secondary N) is 1. The monoisotopic (exact) mass is 492 g/mol. The molecule has 10 heteroatoms. The predicted molar refractivity (Wildman–Crippen MR) is 131 cm³/mol. The van der Waals surface area contributed by atoms with Crippen LogP contribution in [0.25, 0.3) is 10.9 Å². The Morgan fingerprint density at radius 1 is 1.18 bits per heavy atom. The summed E-state index contributed by atoms with van der Waals surface area (Å²) in [6.45, 7) is 3.61. The zero-order chi connectivity index (χ0) is 22.5. The van der Waals surface area contributed by atoms with Crippen molar-refractivity contribution >= 4 is 52.6 Å². The average Bonchev–Trinajstić information content (AvgIpc) is 3.25. The Bertz CT molecular complexity index is 1130. The Kier molecular flexibility index (Phi) is 8.41. The summed E-state index contributed by atoms with van der Waals surface area (Å²) in [6, 6.07) is 11.4. The molecule has 4 rings (SSSR count). The highest BCUT2D eigenvalue weighted by atomic mass is 35.5. The van der Waals surface area contributed by atoms with E-state index in [0.717, 1.165) is 28.0 Å². The number of benzene rings is 2. The number of hydrogen-bond acceptors (Lipinski definition) is 8. The Hall–Kier alpha value is -2.97. The van der Waals surface area contributed by atoms with Crippen molar-refractivity contribution in [3.05, 3.63) is 47.0 Å². The van der Waals surface area contributed by atoms with Gasteiger partial charge in [-0.1, -0.05) is 17.7 Å². The van der Waals surface area contributed by atoms with Gasteiger partial charge in [0.15, 0.2) is 11.5 Å². The van der Waals surface area contributed by atoms with Crippen LogP contribution >= 0.6 is 24.0 Å². The number of anilines is 2. The third-order valence-corrected chi connectivity index (χ3v) is 5.30. The Balaban J connectivity index is 0.00000306. The van der Waals surface area contributed by atoms with Crippen molar-refractivity contribution < 1.29 is 19.0 Å². The largest absolute Gasteiger partial charge is 0.466 e. The summed E-state index contributed by atoms with van der Waals surface area (Å²) >= 11 is 6.23. The van der Waals surface area contributed by atoms with E-state index in [1.807, 2.05) is 48.3 Å². The van der Waals surface area contributed by atoms with E-state index in [0.29, 0.717) is 49.3 Å². The van der Waals surface area contributed by atoms with Gasteiger partial charge in [-0.3, -0.25) is 4.79 Å². The SMILES string of the molecule is CCOC(=O)CCCN(C)c1nc(NCc2ccc3c(c2)OCO3)c2cc(Cl)ccc2n1.Cl. The third-order valence-electron chi connectivity index (χ3n) is 5.06. The van der Waals surface area contributed by atoms with Crippen molar-refractivity contribution in [2.75, 3.05) is 37.2 Å². The summed E-state index contributed by atoms with van der Waals surface area (Å²) in [5.41, 5.74) is 1.82. The molecule has 0 spiro atoms. The second-order valence-corrected chi connectivity index (χ2v) is 7.84. The van der Waals surface area contributed by atoms with E-state index in [1.165, 1.54) is 0 Å². The molecule has 0 atom stereocenters. The third kappa shape index (κ3) is 6.09. The van der Waals surface area contributed by atoms with Crippen LogP contribution in [0.15, 0.2) is 36.4 Å². The molecule has 2 heterocycles. The number of rotatable bonds is 9. The van der Waals surface area contributed by atoms with Gasteiger partial charge in [-0.05, 0) is 49.2 Å². The topological polar surface area (TPSA) is 85.8 Å². The first-order valence-corrected chi connectivity index (χ1v) is 10.9. The summed E-state index contributed by atoms with van der Waals surface area (Å²) in [5, 5.41) is 4.85. The lowest BCUT2D eigenvalue weighted by Gasteiger charge is -2.19. The van der Waals surface area contributed by atoms with Gasteiger partial charge < -0.3 is 24.4 Å². The van der Waals surface area contributed by atoms with Gasteiger partial charge in [-0.25, -0.2) is 4.98 Å². The molecule has 1 aromatic heterocycles. The van der Waals surface area contributed by atoms with Crippen LogP contribution in [0, 0.1) is 0 Å². The highest BCUT2D eigenvalue weighted by Gasteiger charge is 2.15. The Morgan fingerprint density at radius 2 is 2.00 bits per heavy atom. The number of hydrogen-bond donors (Lipinski definition) is 1. The fourth-order valence-corrected chi connectivity index (χ4v) is 3.60. The van der Waals surface area contributed by atoms with Gasteiger partial charge >= 0.3 is 5.97 Å². The van der Waals surface area contributed by atoms with Crippen LogP contribution in [0.1, 0.15) is 25.3 Å². The van der Waals surface area contributed by atoms with Crippen LogP contribution in [0.2, 0.25) is 5.02 Å². The molecule has 0 fully saturated rings. The maximum Gasteiger partial charge on any atom is 0.305 e. The van der Waals surface area contributed by atoms with Crippen molar-refractivity contribution in [1.82, 2.24) is 9.97 Å². The molecule has 0 aliphatic carbocycles. The molecule has 0 saturated heterocycles. The maximum absolute atomic E-state index is 11.6. The minimum absolute atomic E-state index is 0. The first-order chi connectivity index (χ1) is 15.5. The van der Waals surface area contributed by atoms with Crippen LogP contribution < -0.4 is 19.7 Å². The van der Waals surface area contributed by atoms with Crippen molar-refractivity contribution in [2.24, 2.45) is 0 Å². The lowest BCUT2D eigenvalue weighted by atomic mass is 10.2. The van der Waals surface area contributed by atoms with Crippen LogP contribution in [0.4, 0.5) is 11.8 Å². The first kappa shape index (κ1) is 24.7. The minimum atomic E-state index is -0.193. The number of aromatic nitrogens is 2. The summed E-state index contributed by atoms with van der Waals surface area (Å²) in [5.74, 6) is 2.54. The van der Waals surface area contributed by atoms with E-state index in [2.05, 4.69) is 10.3 Å². The predicted octanol–water partition coefficient (Wildman–Crippen LogP) is 4.83. The van der Waals surface area contributed by atoms with Gasteiger partial charge in [-0.2, -0.15) is 4.98 Å².